The molecule has 0 saturated heterocycles. The topological polar surface area (TPSA) is 72.0 Å². The van der Waals surface area contributed by atoms with Gasteiger partial charge in [-0.3, -0.25) is 9.78 Å². The van der Waals surface area contributed by atoms with Crippen molar-refractivity contribution in [2.45, 2.75) is 20.3 Å². The van der Waals surface area contributed by atoms with E-state index in [1.54, 1.807) is 25.4 Å². The second-order valence-electron chi connectivity index (χ2n) is 4.21. The van der Waals surface area contributed by atoms with Gasteiger partial charge >= 0.3 is 5.97 Å². The molecule has 0 amide bonds. The number of esters is 1. The van der Waals surface area contributed by atoms with Crippen molar-refractivity contribution in [1.29, 1.82) is 0 Å². The zero-order chi connectivity index (χ0) is 14.5. The second-order valence-corrected chi connectivity index (χ2v) is 4.21. The zero-order valence-electron chi connectivity index (χ0n) is 11.5. The molecule has 0 spiro atoms. The maximum absolute atomic E-state index is 11.9. The predicted molar refractivity (Wildman–Crippen MR) is 75.6 cm³/mol. The number of aromatic amines is 1. The van der Waals surface area contributed by atoms with E-state index in [-0.39, 0.29) is 12.2 Å². The summed E-state index contributed by atoms with van der Waals surface area (Å²) in [7, 11) is 0. The summed E-state index contributed by atoms with van der Waals surface area (Å²) in [6.45, 7) is 3.88. The van der Waals surface area contributed by atoms with E-state index in [0.29, 0.717) is 6.42 Å². The number of rotatable bonds is 4. The zero-order valence-corrected chi connectivity index (χ0v) is 11.5. The lowest BCUT2D eigenvalue weighted by atomic mass is 10.0. The van der Waals surface area contributed by atoms with Gasteiger partial charge in [0.25, 0.3) is 5.56 Å². The van der Waals surface area contributed by atoms with E-state index in [0.717, 1.165) is 16.8 Å². The summed E-state index contributed by atoms with van der Waals surface area (Å²) < 4.78 is 4.90. The molecule has 0 aliphatic heterocycles. The van der Waals surface area contributed by atoms with Crippen molar-refractivity contribution < 1.29 is 9.53 Å². The van der Waals surface area contributed by atoms with E-state index in [1.807, 2.05) is 19.1 Å². The van der Waals surface area contributed by atoms with E-state index in [4.69, 9.17) is 4.74 Å². The highest BCUT2D eigenvalue weighted by Crippen LogP contribution is 2.22. The van der Waals surface area contributed by atoms with Gasteiger partial charge in [-0.05, 0) is 37.1 Å². The molecule has 2 rings (SSSR count). The maximum Gasteiger partial charge on any atom is 0.343 e. The first-order valence-electron chi connectivity index (χ1n) is 6.51. The minimum Gasteiger partial charge on any atom is -0.462 e. The number of nitrogens with one attached hydrogen (secondary N) is 1. The fourth-order valence-electron chi connectivity index (χ4n) is 2.00. The summed E-state index contributed by atoms with van der Waals surface area (Å²) in [4.78, 5) is 30.4. The Balaban J connectivity index is 2.58. The summed E-state index contributed by atoms with van der Waals surface area (Å²) in [5, 5.41) is 0. The summed E-state index contributed by atoms with van der Waals surface area (Å²) in [6, 6.07) is 5.26. The quantitative estimate of drug-likeness (QED) is 0.866. The monoisotopic (exact) mass is 272 g/mol. The van der Waals surface area contributed by atoms with Crippen LogP contribution in [0.1, 0.15) is 29.9 Å². The standard InChI is InChI=1S/C15H16N2O3/c1-3-13-11(10-5-7-16-8-6-10)9-12(14(18)17-13)15(19)20-4-2/h5-9H,3-4H2,1-2H3,(H,17,18). The Hall–Kier alpha value is -2.43. The van der Waals surface area contributed by atoms with E-state index in [1.165, 1.54) is 0 Å². The lowest BCUT2D eigenvalue weighted by Crippen LogP contribution is -2.21. The molecule has 1 N–H and O–H groups in total. The number of H-pyrrole nitrogens is 1. The van der Waals surface area contributed by atoms with E-state index in [9.17, 15) is 9.59 Å². The third-order valence-electron chi connectivity index (χ3n) is 2.96. The number of hydrogen-bond acceptors (Lipinski definition) is 4. The van der Waals surface area contributed by atoms with Crippen LogP contribution in [-0.4, -0.2) is 22.5 Å². The molecule has 2 aromatic rings. The molecule has 0 aliphatic carbocycles. The highest BCUT2D eigenvalue weighted by molar-refractivity contribution is 5.90. The molecule has 0 fully saturated rings. The number of carbonyl (C=O) groups is 1. The number of nitrogens with zero attached hydrogens (tertiary/aromatic N) is 1. The number of ether oxygens (including phenoxy) is 1. The van der Waals surface area contributed by atoms with Crippen molar-refractivity contribution in [3.63, 3.8) is 0 Å². The normalized spacial score (nSPS) is 10.3. The van der Waals surface area contributed by atoms with Gasteiger partial charge in [-0.25, -0.2) is 4.79 Å². The Bertz CT molecular complexity index is 663. The highest BCUT2D eigenvalue weighted by Gasteiger charge is 2.16. The van der Waals surface area contributed by atoms with Crippen LogP contribution >= 0.6 is 0 Å². The van der Waals surface area contributed by atoms with Crippen LogP contribution in [0.25, 0.3) is 11.1 Å². The lowest BCUT2D eigenvalue weighted by molar-refractivity contribution is 0.0524. The van der Waals surface area contributed by atoms with Crippen LogP contribution in [0.15, 0.2) is 35.4 Å². The summed E-state index contributed by atoms with van der Waals surface area (Å²) in [6.07, 6.45) is 4.00. The molecule has 0 radical (unpaired) electrons. The van der Waals surface area contributed by atoms with E-state index >= 15 is 0 Å². The summed E-state index contributed by atoms with van der Waals surface area (Å²) in [5.41, 5.74) is 2.11. The van der Waals surface area contributed by atoms with Crippen LogP contribution in [0.4, 0.5) is 0 Å². The molecule has 104 valence electrons. The minimum absolute atomic E-state index is 0.0239. The van der Waals surface area contributed by atoms with Crippen LogP contribution in [0.5, 0.6) is 0 Å². The van der Waals surface area contributed by atoms with Gasteiger partial charge in [-0.15, -0.1) is 0 Å². The molecule has 0 saturated carbocycles. The first-order valence-corrected chi connectivity index (χ1v) is 6.51. The fourth-order valence-corrected chi connectivity index (χ4v) is 2.00. The molecular formula is C15H16N2O3. The van der Waals surface area contributed by atoms with Gasteiger partial charge in [-0.1, -0.05) is 6.92 Å². The SMILES string of the molecule is CCOC(=O)c1cc(-c2ccncc2)c(CC)[nH]c1=O. The van der Waals surface area contributed by atoms with E-state index < -0.39 is 11.5 Å². The van der Waals surface area contributed by atoms with E-state index in [2.05, 4.69) is 9.97 Å². The number of hydrogen-bond donors (Lipinski definition) is 1. The Morgan fingerprint density at radius 1 is 1.30 bits per heavy atom. The van der Waals surface area contributed by atoms with Crippen LogP contribution < -0.4 is 5.56 Å². The number of pyridine rings is 2. The molecule has 0 unspecified atom stereocenters. The molecular weight excluding hydrogens is 256 g/mol. The van der Waals surface area contributed by atoms with Gasteiger partial charge in [0.2, 0.25) is 0 Å². The van der Waals surface area contributed by atoms with Crippen LogP contribution in [0.2, 0.25) is 0 Å². The highest BCUT2D eigenvalue weighted by atomic mass is 16.5. The Kier molecular flexibility index (Phi) is 4.30. The smallest absolute Gasteiger partial charge is 0.343 e. The van der Waals surface area contributed by atoms with Crippen LogP contribution in [0, 0.1) is 0 Å². The Labute approximate surface area is 116 Å². The molecule has 2 aromatic heterocycles. The van der Waals surface area contributed by atoms with Crippen molar-refractivity contribution in [2.24, 2.45) is 0 Å². The minimum atomic E-state index is -0.605. The average molecular weight is 272 g/mol. The van der Waals surface area contributed by atoms with Gasteiger partial charge < -0.3 is 9.72 Å². The number of carbonyl (C=O) groups excluding carboxylic acids is 1. The summed E-state index contributed by atoms with van der Waals surface area (Å²) in [5.74, 6) is -0.605. The maximum atomic E-state index is 11.9. The molecule has 20 heavy (non-hydrogen) atoms. The van der Waals surface area contributed by atoms with Crippen molar-refractivity contribution in [1.82, 2.24) is 9.97 Å². The van der Waals surface area contributed by atoms with Gasteiger partial charge in [-0.2, -0.15) is 0 Å². The molecule has 0 aromatic carbocycles. The van der Waals surface area contributed by atoms with Crippen molar-refractivity contribution >= 4 is 5.97 Å². The third-order valence-corrected chi connectivity index (χ3v) is 2.96. The molecule has 5 heteroatoms. The molecule has 5 nitrogen and oxygen atoms in total. The lowest BCUT2D eigenvalue weighted by Gasteiger charge is -2.10. The molecule has 0 bridgehead atoms. The third kappa shape index (κ3) is 2.77. The van der Waals surface area contributed by atoms with Crippen LogP contribution in [0.3, 0.4) is 0 Å². The predicted octanol–water partition coefficient (Wildman–Crippen LogP) is 2.18. The second kappa shape index (κ2) is 6.14. The van der Waals surface area contributed by atoms with Gasteiger partial charge in [0.15, 0.2) is 0 Å². The van der Waals surface area contributed by atoms with Crippen molar-refractivity contribution in [3.05, 3.63) is 52.2 Å². The summed E-state index contributed by atoms with van der Waals surface area (Å²) >= 11 is 0. The molecule has 0 aliphatic rings. The first kappa shape index (κ1) is 14.0. The van der Waals surface area contributed by atoms with Crippen molar-refractivity contribution in [2.75, 3.05) is 6.61 Å². The number of aromatic nitrogens is 2. The molecule has 0 atom stereocenters. The largest absolute Gasteiger partial charge is 0.462 e. The van der Waals surface area contributed by atoms with Gasteiger partial charge in [0, 0.05) is 23.7 Å². The Morgan fingerprint density at radius 3 is 2.60 bits per heavy atom. The van der Waals surface area contributed by atoms with Gasteiger partial charge in [0.05, 0.1) is 6.61 Å². The van der Waals surface area contributed by atoms with Crippen LogP contribution in [-0.2, 0) is 11.2 Å². The molecule has 2 heterocycles. The number of aryl methyl sites for hydroxylation is 1. The Morgan fingerprint density at radius 2 is 2.00 bits per heavy atom. The first-order chi connectivity index (χ1) is 9.67. The van der Waals surface area contributed by atoms with Gasteiger partial charge in [0.1, 0.15) is 5.56 Å². The fraction of sp³-hybridized carbons (Fsp3) is 0.267. The van der Waals surface area contributed by atoms with Crippen molar-refractivity contribution in [3.8, 4) is 11.1 Å². The average Bonchev–Trinajstić information content (AvgIpc) is 2.48.